The molecule has 7 nitrogen and oxygen atoms in total. The molecule has 0 aromatic carbocycles. The van der Waals surface area contributed by atoms with Crippen molar-refractivity contribution in [1.29, 1.82) is 0 Å². The van der Waals surface area contributed by atoms with Gasteiger partial charge in [0.25, 0.3) is 0 Å². The van der Waals surface area contributed by atoms with Crippen molar-refractivity contribution in [3.63, 3.8) is 0 Å². The Kier molecular flexibility index (Phi) is 3.53. The number of nitrogens with zero attached hydrogens (tertiary/aromatic N) is 4. The number of anilines is 1. The van der Waals surface area contributed by atoms with Crippen molar-refractivity contribution in [3.8, 4) is 0 Å². The number of hydrogen-bond acceptors (Lipinski definition) is 6. The van der Waals surface area contributed by atoms with Crippen molar-refractivity contribution < 1.29 is 4.92 Å². The highest BCUT2D eigenvalue weighted by Crippen LogP contribution is 2.19. The van der Waals surface area contributed by atoms with Crippen LogP contribution in [0, 0.1) is 10.1 Å². The molecule has 0 unspecified atom stereocenters. The van der Waals surface area contributed by atoms with Crippen LogP contribution in [0.15, 0.2) is 29.8 Å². The lowest BCUT2D eigenvalue weighted by atomic mass is 10.2. The maximum atomic E-state index is 10.9. The number of rotatable bonds is 5. The maximum absolute atomic E-state index is 10.9. The molecule has 0 saturated heterocycles. The summed E-state index contributed by atoms with van der Waals surface area (Å²) in [7, 11) is 0. The quantitative estimate of drug-likeness (QED) is 0.578. The Hall–Kier alpha value is -2.48. The monoisotopic (exact) mass is 303 g/mol. The van der Waals surface area contributed by atoms with Gasteiger partial charge in [-0.3, -0.25) is 0 Å². The SMILES string of the molecule is CCc1ccsc1CNc1ccc2ncc([N+](=O)[O-])n2n1. The van der Waals surface area contributed by atoms with E-state index in [0.29, 0.717) is 18.0 Å². The van der Waals surface area contributed by atoms with Gasteiger partial charge in [0.1, 0.15) is 6.20 Å². The molecule has 0 spiro atoms. The second-order valence-electron chi connectivity index (χ2n) is 4.44. The van der Waals surface area contributed by atoms with Gasteiger partial charge in [-0.2, -0.15) is 0 Å². The summed E-state index contributed by atoms with van der Waals surface area (Å²) in [6.45, 7) is 2.77. The highest BCUT2D eigenvalue weighted by Gasteiger charge is 2.16. The van der Waals surface area contributed by atoms with Crippen LogP contribution < -0.4 is 5.32 Å². The average Bonchev–Trinajstić information content (AvgIpc) is 3.10. The molecule has 0 aliphatic carbocycles. The minimum atomic E-state index is -0.495. The first-order valence-electron chi connectivity index (χ1n) is 6.47. The van der Waals surface area contributed by atoms with E-state index in [0.717, 1.165) is 6.42 Å². The van der Waals surface area contributed by atoms with Crippen LogP contribution in [0.5, 0.6) is 0 Å². The minimum Gasteiger partial charge on any atom is -0.362 e. The predicted molar refractivity (Wildman–Crippen MR) is 80.7 cm³/mol. The van der Waals surface area contributed by atoms with E-state index in [-0.39, 0.29) is 5.82 Å². The zero-order valence-electron chi connectivity index (χ0n) is 11.3. The molecule has 0 saturated carbocycles. The molecule has 3 aromatic rings. The van der Waals surface area contributed by atoms with Crippen molar-refractivity contribution in [1.82, 2.24) is 14.6 Å². The van der Waals surface area contributed by atoms with Gasteiger partial charge in [-0.1, -0.05) is 16.5 Å². The summed E-state index contributed by atoms with van der Waals surface area (Å²) in [5.74, 6) is 0.443. The van der Waals surface area contributed by atoms with Gasteiger partial charge >= 0.3 is 5.82 Å². The van der Waals surface area contributed by atoms with Crippen LogP contribution in [0.2, 0.25) is 0 Å². The molecule has 0 bridgehead atoms. The van der Waals surface area contributed by atoms with Crippen molar-refractivity contribution in [2.24, 2.45) is 0 Å². The molecule has 0 radical (unpaired) electrons. The van der Waals surface area contributed by atoms with E-state index in [1.165, 1.54) is 21.2 Å². The van der Waals surface area contributed by atoms with E-state index in [9.17, 15) is 10.1 Å². The Labute approximate surface area is 124 Å². The molecular formula is C13H13N5O2S. The smallest absolute Gasteiger partial charge is 0.362 e. The van der Waals surface area contributed by atoms with Crippen LogP contribution >= 0.6 is 11.3 Å². The van der Waals surface area contributed by atoms with Gasteiger partial charge in [0.2, 0.25) is 5.65 Å². The van der Waals surface area contributed by atoms with Crippen LogP contribution in [-0.4, -0.2) is 19.5 Å². The lowest BCUT2D eigenvalue weighted by molar-refractivity contribution is -0.391. The standard InChI is InChI=1S/C13H13N5O2S/c1-2-9-5-6-21-10(9)7-14-11-3-4-12-15-8-13(18(19)20)17(12)16-11/h3-6,8H,2,7H2,1H3,(H,14,16). The van der Waals surface area contributed by atoms with Crippen LogP contribution in [0.4, 0.5) is 11.6 Å². The Bertz CT molecular complexity index is 795. The zero-order valence-corrected chi connectivity index (χ0v) is 12.1. The zero-order chi connectivity index (χ0) is 14.8. The van der Waals surface area contributed by atoms with Gasteiger partial charge in [-0.05, 0) is 34.4 Å². The Morgan fingerprint density at radius 1 is 1.43 bits per heavy atom. The maximum Gasteiger partial charge on any atom is 0.368 e. The topological polar surface area (TPSA) is 85.4 Å². The highest BCUT2D eigenvalue weighted by molar-refractivity contribution is 7.10. The van der Waals surface area contributed by atoms with Crippen LogP contribution in [0.3, 0.4) is 0 Å². The van der Waals surface area contributed by atoms with Crippen LogP contribution in [-0.2, 0) is 13.0 Å². The summed E-state index contributed by atoms with van der Waals surface area (Å²) >= 11 is 1.69. The number of nitro groups is 1. The molecule has 108 valence electrons. The molecule has 1 N–H and O–H groups in total. The number of nitrogens with one attached hydrogen (secondary N) is 1. The number of thiophene rings is 1. The second kappa shape index (κ2) is 5.49. The molecular weight excluding hydrogens is 290 g/mol. The normalized spacial score (nSPS) is 10.9. The van der Waals surface area contributed by atoms with Gasteiger partial charge < -0.3 is 15.4 Å². The Morgan fingerprint density at radius 2 is 2.29 bits per heavy atom. The number of imidazole rings is 1. The van der Waals surface area contributed by atoms with Crippen LogP contribution in [0.1, 0.15) is 17.4 Å². The molecule has 3 rings (SSSR count). The number of aryl methyl sites for hydroxylation is 1. The fourth-order valence-corrected chi connectivity index (χ4v) is 3.00. The van der Waals surface area contributed by atoms with Crippen molar-refractivity contribution in [2.75, 3.05) is 5.32 Å². The summed E-state index contributed by atoms with van der Waals surface area (Å²) in [4.78, 5) is 15.6. The second-order valence-corrected chi connectivity index (χ2v) is 5.44. The molecule has 0 aliphatic heterocycles. The first kappa shape index (κ1) is 13.5. The van der Waals surface area contributed by atoms with Gasteiger partial charge in [0.15, 0.2) is 5.82 Å². The molecule has 3 heterocycles. The summed E-state index contributed by atoms with van der Waals surface area (Å²) in [6.07, 6.45) is 2.19. The summed E-state index contributed by atoms with van der Waals surface area (Å²) in [5, 5.41) is 20.4. The van der Waals surface area contributed by atoms with E-state index in [1.807, 2.05) is 0 Å². The molecule has 21 heavy (non-hydrogen) atoms. The van der Waals surface area contributed by atoms with E-state index in [4.69, 9.17) is 0 Å². The van der Waals surface area contributed by atoms with Crippen LogP contribution in [0.25, 0.3) is 5.65 Å². The summed E-state index contributed by atoms with van der Waals surface area (Å²) in [5.41, 5.74) is 1.76. The van der Waals surface area contributed by atoms with E-state index >= 15 is 0 Å². The fourth-order valence-electron chi connectivity index (χ4n) is 2.09. The molecule has 0 aliphatic rings. The summed E-state index contributed by atoms with van der Waals surface area (Å²) < 4.78 is 1.23. The molecule has 8 heteroatoms. The third-order valence-electron chi connectivity index (χ3n) is 3.18. The van der Waals surface area contributed by atoms with Crippen molar-refractivity contribution >= 4 is 28.6 Å². The number of fused-ring (bicyclic) bond motifs is 1. The number of hydrogen-bond donors (Lipinski definition) is 1. The van der Waals surface area contributed by atoms with Gasteiger partial charge in [-0.25, -0.2) is 4.98 Å². The Balaban J connectivity index is 1.84. The van der Waals surface area contributed by atoms with Gasteiger partial charge in [0, 0.05) is 10.9 Å². The lowest BCUT2D eigenvalue weighted by Gasteiger charge is -2.04. The van der Waals surface area contributed by atoms with Crippen molar-refractivity contribution in [2.45, 2.75) is 19.9 Å². The molecule has 0 amide bonds. The molecule has 0 atom stereocenters. The fraction of sp³-hybridized carbons (Fsp3) is 0.231. The van der Waals surface area contributed by atoms with Crippen molar-refractivity contribution in [3.05, 3.63) is 50.3 Å². The number of aromatic nitrogens is 3. The van der Waals surface area contributed by atoms with Gasteiger partial charge in [-0.15, -0.1) is 11.3 Å². The molecule has 3 aromatic heterocycles. The van der Waals surface area contributed by atoms with E-state index < -0.39 is 4.92 Å². The van der Waals surface area contributed by atoms with E-state index in [1.54, 1.807) is 23.5 Å². The predicted octanol–water partition coefficient (Wildman–Crippen LogP) is 2.87. The third kappa shape index (κ3) is 2.57. The minimum absolute atomic E-state index is 0.140. The Morgan fingerprint density at radius 3 is 3.05 bits per heavy atom. The first-order valence-corrected chi connectivity index (χ1v) is 7.35. The third-order valence-corrected chi connectivity index (χ3v) is 4.14. The first-order chi connectivity index (χ1) is 10.2. The van der Waals surface area contributed by atoms with Gasteiger partial charge in [0.05, 0.1) is 6.54 Å². The summed E-state index contributed by atoms with van der Waals surface area (Å²) in [6, 6.07) is 5.59. The largest absolute Gasteiger partial charge is 0.368 e. The molecule has 0 fully saturated rings. The highest BCUT2D eigenvalue weighted by atomic mass is 32.1. The van der Waals surface area contributed by atoms with E-state index in [2.05, 4.69) is 33.8 Å². The average molecular weight is 303 g/mol. The lowest BCUT2D eigenvalue weighted by Crippen LogP contribution is -2.05.